The van der Waals surface area contributed by atoms with E-state index in [0.717, 1.165) is 24.1 Å². The molecule has 19 heavy (non-hydrogen) atoms. The van der Waals surface area contributed by atoms with Gasteiger partial charge >= 0.3 is 0 Å². The number of hydrogen-bond donors (Lipinski definition) is 1. The van der Waals surface area contributed by atoms with Gasteiger partial charge in [-0.15, -0.1) is 11.3 Å². The van der Waals surface area contributed by atoms with Crippen LogP contribution in [0.25, 0.3) is 0 Å². The van der Waals surface area contributed by atoms with Gasteiger partial charge in [0.05, 0.1) is 0 Å². The number of nitrogens with zero attached hydrogens (tertiary/aromatic N) is 1. The second-order valence-corrected chi connectivity index (χ2v) is 6.50. The average molecular weight is 277 g/mol. The molecule has 1 aliphatic rings. The highest BCUT2D eigenvalue weighted by Gasteiger charge is 2.24. The Hall–Kier alpha value is -0.820. The third-order valence-electron chi connectivity index (χ3n) is 4.00. The van der Waals surface area contributed by atoms with Crippen LogP contribution < -0.4 is 0 Å². The van der Waals surface area contributed by atoms with E-state index in [9.17, 15) is 0 Å². The van der Waals surface area contributed by atoms with Gasteiger partial charge in [0.15, 0.2) is 0 Å². The van der Waals surface area contributed by atoms with Gasteiger partial charge in [0.25, 0.3) is 0 Å². The summed E-state index contributed by atoms with van der Waals surface area (Å²) in [5.74, 6) is 6.48. The van der Waals surface area contributed by atoms with E-state index in [2.05, 4.69) is 42.2 Å². The van der Waals surface area contributed by atoms with Crippen LogP contribution in [0, 0.1) is 17.8 Å². The van der Waals surface area contributed by atoms with Gasteiger partial charge in [-0.05, 0) is 31.9 Å². The summed E-state index contributed by atoms with van der Waals surface area (Å²) in [5, 5.41) is 10.8. The number of hydrogen-bond acceptors (Lipinski definition) is 3. The average Bonchev–Trinajstić information content (AvgIpc) is 2.84. The van der Waals surface area contributed by atoms with Crippen molar-refractivity contribution < 1.29 is 5.11 Å². The first kappa shape index (κ1) is 14.6. The fourth-order valence-electron chi connectivity index (χ4n) is 2.99. The molecule has 0 radical (unpaired) electrons. The van der Waals surface area contributed by atoms with Crippen LogP contribution in [0.5, 0.6) is 0 Å². The Kier molecular flexibility index (Phi) is 5.45. The van der Waals surface area contributed by atoms with Crippen LogP contribution >= 0.6 is 11.3 Å². The minimum absolute atomic E-state index is 0.0648. The molecule has 1 heterocycles. The van der Waals surface area contributed by atoms with Gasteiger partial charge in [0.1, 0.15) is 6.61 Å². The van der Waals surface area contributed by atoms with Crippen molar-refractivity contribution in [3.8, 4) is 11.8 Å². The van der Waals surface area contributed by atoms with Crippen molar-refractivity contribution in [2.45, 2.75) is 45.2 Å². The Balaban J connectivity index is 1.94. The molecule has 0 bridgehead atoms. The zero-order chi connectivity index (χ0) is 13.7. The number of aliphatic hydroxyl groups is 1. The maximum absolute atomic E-state index is 8.70. The number of thiophene rings is 1. The van der Waals surface area contributed by atoms with E-state index in [-0.39, 0.29) is 6.61 Å². The third kappa shape index (κ3) is 4.07. The van der Waals surface area contributed by atoms with Gasteiger partial charge < -0.3 is 5.11 Å². The molecular weight excluding hydrogens is 254 g/mol. The normalized spacial score (nSPS) is 23.2. The molecule has 1 aromatic rings. The molecule has 0 aromatic carbocycles. The second kappa shape index (κ2) is 7.09. The summed E-state index contributed by atoms with van der Waals surface area (Å²) in [4.78, 5) is 3.86. The first-order valence-corrected chi connectivity index (χ1v) is 7.96. The number of aliphatic hydroxyl groups excluding tert-OH is 1. The van der Waals surface area contributed by atoms with Crippen LogP contribution in [0.1, 0.15) is 43.0 Å². The SMILES string of the molecule is CC1CCCCC1N(C)Cc1cc(C#CCO)cs1. The lowest BCUT2D eigenvalue weighted by Crippen LogP contribution is -2.38. The van der Waals surface area contributed by atoms with Crippen molar-refractivity contribution in [1.82, 2.24) is 4.90 Å². The summed E-state index contributed by atoms with van der Waals surface area (Å²) in [6.45, 7) is 3.33. The lowest BCUT2D eigenvalue weighted by atomic mass is 9.85. The van der Waals surface area contributed by atoms with Gasteiger partial charge in [0.2, 0.25) is 0 Å². The Morgan fingerprint density at radius 2 is 2.21 bits per heavy atom. The van der Waals surface area contributed by atoms with Gasteiger partial charge in [-0.2, -0.15) is 0 Å². The van der Waals surface area contributed by atoms with Crippen LogP contribution in [-0.4, -0.2) is 29.7 Å². The van der Waals surface area contributed by atoms with E-state index in [1.54, 1.807) is 11.3 Å². The van der Waals surface area contributed by atoms with Crippen molar-refractivity contribution >= 4 is 11.3 Å². The predicted octanol–water partition coefficient (Wildman–Crippen LogP) is 3.10. The molecule has 104 valence electrons. The van der Waals surface area contributed by atoms with E-state index < -0.39 is 0 Å². The molecule has 1 N–H and O–H groups in total. The van der Waals surface area contributed by atoms with Crippen LogP contribution in [-0.2, 0) is 6.54 Å². The maximum atomic E-state index is 8.70. The molecule has 1 aromatic heterocycles. The highest BCUT2D eigenvalue weighted by atomic mass is 32.1. The van der Waals surface area contributed by atoms with E-state index >= 15 is 0 Å². The minimum atomic E-state index is -0.0648. The van der Waals surface area contributed by atoms with Crippen LogP contribution in [0.15, 0.2) is 11.4 Å². The molecule has 2 atom stereocenters. The zero-order valence-electron chi connectivity index (χ0n) is 11.9. The molecule has 0 aliphatic heterocycles. The molecule has 1 saturated carbocycles. The summed E-state index contributed by atoms with van der Waals surface area (Å²) in [7, 11) is 2.24. The summed E-state index contributed by atoms with van der Waals surface area (Å²) in [5.41, 5.74) is 1.03. The Morgan fingerprint density at radius 3 is 2.95 bits per heavy atom. The van der Waals surface area contributed by atoms with Crippen molar-refractivity contribution in [3.63, 3.8) is 0 Å². The summed E-state index contributed by atoms with van der Waals surface area (Å²) >= 11 is 1.77. The van der Waals surface area contributed by atoms with Gasteiger partial charge in [-0.3, -0.25) is 4.90 Å². The molecule has 0 saturated heterocycles. The summed E-state index contributed by atoms with van der Waals surface area (Å²) < 4.78 is 0. The predicted molar refractivity (Wildman–Crippen MR) is 81.2 cm³/mol. The third-order valence-corrected chi connectivity index (χ3v) is 4.92. The molecule has 0 spiro atoms. The van der Waals surface area contributed by atoms with Crippen LogP contribution in [0.2, 0.25) is 0 Å². The highest BCUT2D eigenvalue weighted by Crippen LogP contribution is 2.29. The maximum Gasteiger partial charge on any atom is 0.104 e. The highest BCUT2D eigenvalue weighted by molar-refractivity contribution is 7.10. The van der Waals surface area contributed by atoms with E-state index in [0.29, 0.717) is 0 Å². The standard InChI is InChI=1S/C16H23NOS/c1-13-6-3-4-8-16(13)17(2)11-15-10-14(12-19-15)7-5-9-18/h10,12-13,16,18H,3-4,6,8-9,11H2,1-2H3. The smallest absolute Gasteiger partial charge is 0.104 e. The monoisotopic (exact) mass is 277 g/mol. The van der Waals surface area contributed by atoms with Crippen LogP contribution in [0.3, 0.4) is 0 Å². The molecular formula is C16H23NOS. The molecule has 1 fully saturated rings. The minimum Gasteiger partial charge on any atom is -0.384 e. The van der Waals surface area contributed by atoms with Crippen molar-refractivity contribution in [1.29, 1.82) is 0 Å². The van der Waals surface area contributed by atoms with Crippen molar-refractivity contribution in [3.05, 3.63) is 21.9 Å². The van der Waals surface area contributed by atoms with Crippen molar-refractivity contribution in [2.24, 2.45) is 5.92 Å². The Bertz CT molecular complexity index is 457. The van der Waals surface area contributed by atoms with Crippen molar-refractivity contribution in [2.75, 3.05) is 13.7 Å². The van der Waals surface area contributed by atoms with Gasteiger partial charge in [-0.25, -0.2) is 0 Å². The largest absolute Gasteiger partial charge is 0.384 e. The van der Waals surface area contributed by atoms with E-state index in [4.69, 9.17) is 5.11 Å². The quantitative estimate of drug-likeness (QED) is 0.858. The van der Waals surface area contributed by atoms with Crippen LogP contribution in [0.4, 0.5) is 0 Å². The molecule has 2 nitrogen and oxygen atoms in total. The molecule has 2 rings (SSSR count). The van der Waals surface area contributed by atoms with Gasteiger partial charge in [0, 0.05) is 28.4 Å². The second-order valence-electron chi connectivity index (χ2n) is 5.51. The molecule has 0 amide bonds. The lowest BCUT2D eigenvalue weighted by molar-refractivity contribution is 0.134. The lowest BCUT2D eigenvalue weighted by Gasteiger charge is -2.36. The first-order chi connectivity index (χ1) is 9.20. The first-order valence-electron chi connectivity index (χ1n) is 7.08. The Morgan fingerprint density at radius 1 is 1.42 bits per heavy atom. The number of rotatable bonds is 3. The van der Waals surface area contributed by atoms with E-state index in [1.807, 2.05) is 0 Å². The molecule has 2 unspecified atom stereocenters. The summed E-state index contributed by atoms with van der Waals surface area (Å²) in [6.07, 6.45) is 5.47. The Labute approximate surface area is 120 Å². The molecule has 1 aliphatic carbocycles. The fraction of sp³-hybridized carbons (Fsp3) is 0.625. The summed E-state index contributed by atoms with van der Waals surface area (Å²) in [6, 6.07) is 2.87. The topological polar surface area (TPSA) is 23.5 Å². The molecule has 3 heteroatoms. The van der Waals surface area contributed by atoms with Gasteiger partial charge in [-0.1, -0.05) is 31.6 Å². The van der Waals surface area contributed by atoms with E-state index in [1.165, 1.54) is 30.6 Å². The zero-order valence-corrected chi connectivity index (χ0v) is 12.7. The fourth-order valence-corrected chi connectivity index (χ4v) is 3.86.